The van der Waals surface area contributed by atoms with Crippen LogP contribution in [0.5, 0.6) is 5.88 Å². The zero-order chi connectivity index (χ0) is 27.1. The second kappa shape index (κ2) is 10.1. The van der Waals surface area contributed by atoms with E-state index in [1.165, 1.54) is 11.3 Å². The number of piperidine rings is 1. The molecule has 11 nitrogen and oxygen atoms in total. The van der Waals surface area contributed by atoms with Gasteiger partial charge in [0.2, 0.25) is 5.88 Å². The lowest BCUT2D eigenvalue weighted by Gasteiger charge is -2.31. The van der Waals surface area contributed by atoms with E-state index in [0.717, 1.165) is 23.5 Å². The smallest absolute Gasteiger partial charge is 0.325 e. The number of likely N-dealkylation sites (tertiary alicyclic amines) is 1. The number of amides is 1. The van der Waals surface area contributed by atoms with Crippen molar-refractivity contribution in [1.29, 1.82) is 0 Å². The van der Waals surface area contributed by atoms with E-state index in [2.05, 4.69) is 25.7 Å². The van der Waals surface area contributed by atoms with Gasteiger partial charge in [0.1, 0.15) is 5.82 Å². The highest BCUT2D eigenvalue weighted by Gasteiger charge is 2.33. The molecule has 0 bridgehead atoms. The highest BCUT2D eigenvalue weighted by atomic mass is 32.1. The van der Waals surface area contributed by atoms with Crippen molar-refractivity contribution in [2.45, 2.75) is 44.1 Å². The number of thiophene rings is 1. The summed E-state index contributed by atoms with van der Waals surface area (Å²) in [5.41, 5.74) is 1.80. The Hall–Kier alpha value is -3.78. The normalized spacial score (nSPS) is 17.5. The van der Waals surface area contributed by atoms with Crippen LogP contribution in [0.15, 0.2) is 29.2 Å². The van der Waals surface area contributed by atoms with Crippen molar-refractivity contribution in [1.82, 2.24) is 34.8 Å². The van der Waals surface area contributed by atoms with E-state index in [1.807, 2.05) is 17.0 Å². The molecule has 2 fully saturated rings. The van der Waals surface area contributed by atoms with Gasteiger partial charge in [-0.15, -0.1) is 11.3 Å². The minimum absolute atomic E-state index is 0.145. The summed E-state index contributed by atoms with van der Waals surface area (Å²) >= 11 is 1.31. The molecule has 1 saturated heterocycles. The SMILES string of the molecule is O=C(NCCN1CCC(F)(F)CC1)c1ccc(-c2cc(NC3CC3)n3ncc(Cc4[nH]c(=O)[nH]c4O)c3n2)s1. The molecule has 1 aliphatic heterocycles. The lowest BCUT2D eigenvalue weighted by molar-refractivity contribution is -0.0547. The lowest BCUT2D eigenvalue weighted by Crippen LogP contribution is -2.42. The summed E-state index contributed by atoms with van der Waals surface area (Å²) in [5, 5.41) is 20.9. The van der Waals surface area contributed by atoms with Gasteiger partial charge >= 0.3 is 5.69 Å². The molecule has 4 aromatic heterocycles. The number of anilines is 1. The van der Waals surface area contributed by atoms with E-state index in [4.69, 9.17) is 4.98 Å². The quantitative estimate of drug-likeness (QED) is 0.213. The molecule has 0 aromatic carbocycles. The molecular formula is C25H28F2N8O3S. The van der Waals surface area contributed by atoms with Crippen LogP contribution >= 0.6 is 11.3 Å². The lowest BCUT2D eigenvalue weighted by atomic mass is 10.1. The van der Waals surface area contributed by atoms with E-state index in [-0.39, 0.29) is 31.0 Å². The zero-order valence-electron chi connectivity index (χ0n) is 21.0. The van der Waals surface area contributed by atoms with Gasteiger partial charge in [-0.05, 0) is 25.0 Å². The Morgan fingerprint density at radius 1 is 1.23 bits per heavy atom. The Morgan fingerprint density at radius 2 is 2.03 bits per heavy atom. The summed E-state index contributed by atoms with van der Waals surface area (Å²) in [5.74, 6) is -2.26. The number of aromatic hydroxyl groups is 1. The highest BCUT2D eigenvalue weighted by molar-refractivity contribution is 7.17. The van der Waals surface area contributed by atoms with Crippen LogP contribution in [0, 0.1) is 0 Å². The van der Waals surface area contributed by atoms with Crippen LogP contribution in [0.1, 0.15) is 46.6 Å². The minimum atomic E-state index is -2.58. The first-order chi connectivity index (χ1) is 18.7. The number of halogens is 2. The molecule has 2 aliphatic rings. The largest absolute Gasteiger partial charge is 0.493 e. The van der Waals surface area contributed by atoms with Crippen molar-refractivity contribution in [3.05, 3.63) is 51.0 Å². The van der Waals surface area contributed by atoms with Gasteiger partial charge in [0, 0.05) is 63.1 Å². The van der Waals surface area contributed by atoms with Gasteiger partial charge in [-0.1, -0.05) is 0 Å². The van der Waals surface area contributed by atoms with Crippen LogP contribution in [0.25, 0.3) is 16.2 Å². The standard InChI is InChI=1S/C25H28F2N8O3S/c26-25(27)5-8-34(9-6-25)10-7-28-23(37)19-4-3-18(39-19)16-12-20(30-15-1-2-15)35-21(31-16)14(13-29-35)11-17-22(36)33-24(38)32-17/h3-4,12-13,15,30,36H,1-2,5-11H2,(H,28,37)(H2,32,33,38). The van der Waals surface area contributed by atoms with Gasteiger partial charge in [0.25, 0.3) is 11.8 Å². The van der Waals surface area contributed by atoms with Crippen LogP contribution in [-0.2, 0) is 6.42 Å². The number of aromatic nitrogens is 5. The van der Waals surface area contributed by atoms with Crippen LogP contribution in [0.2, 0.25) is 0 Å². The summed E-state index contributed by atoms with van der Waals surface area (Å²) in [7, 11) is 0. The molecule has 5 heterocycles. The van der Waals surface area contributed by atoms with Gasteiger partial charge in [0.15, 0.2) is 5.65 Å². The van der Waals surface area contributed by atoms with Crippen molar-refractivity contribution >= 4 is 28.7 Å². The fourth-order valence-corrected chi connectivity index (χ4v) is 5.53. The van der Waals surface area contributed by atoms with Crippen LogP contribution in [-0.4, -0.2) is 78.6 Å². The zero-order valence-corrected chi connectivity index (χ0v) is 21.8. The number of fused-ring (bicyclic) bond motifs is 1. The fraction of sp³-hybridized carbons (Fsp3) is 0.440. The summed E-state index contributed by atoms with van der Waals surface area (Å²) in [4.78, 5) is 37.3. The third-order valence-electron chi connectivity index (χ3n) is 7.01. The molecule has 39 heavy (non-hydrogen) atoms. The number of hydrogen-bond donors (Lipinski definition) is 5. The fourth-order valence-electron chi connectivity index (χ4n) is 4.64. The topological polar surface area (TPSA) is 143 Å². The number of H-pyrrole nitrogens is 2. The van der Waals surface area contributed by atoms with Crippen molar-refractivity contribution in [2.24, 2.45) is 0 Å². The first-order valence-corrected chi connectivity index (χ1v) is 13.7. The third-order valence-corrected chi connectivity index (χ3v) is 8.11. The monoisotopic (exact) mass is 558 g/mol. The summed E-state index contributed by atoms with van der Waals surface area (Å²) in [6.07, 6.45) is 3.72. The minimum Gasteiger partial charge on any atom is -0.493 e. The first kappa shape index (κ1) is 25.5. The summed E-state index contributed by atoms with van der Waals surface area (Å²) in [6.45, 7) is 1.56. The molecule has 0 atom stereocenters. The molecule has 1 aliphatic carbocycles. The Bertz CT molecular complexity index is 1560. The molecule has 1 amide bonds. The molecule has 4 aromatic rings. The van der Waals surface area contributed by atoms with Crippen molar-refractivity contribution in [3.8, 4) is 16.5 Å². The number of imidazole rings is 1. The number of hydrogen-bond acceptors (Lipinski definition) is 8. The Morgan fingerprint density at radius 3 is 2.74 bits per heavy atom. The first-order valence-electron chi connectivity index (χ1n) is 12.9. The van der Waals surface area contributed by atoms with Crippen LogP contribution in [0.3, 0.4) is 0 Å². The molecule has 14 heteroatoms. The average Bonchev–Trinajstić information content (AvgIpc) is 3.27. The van der Waals surface area contributed by atoms with Crippen molar-refractivity contribution in [2.75, 3.05) is 31.5 Å². The number of carbonyl (C=O) groups is 1. The number of alkyl halides is 2. The molecule has 6 rings (SSSR count). The molecule has 1 saturated carbocycles. The van der Waals surface area contributed by atoms with Crippen molar-refractivity contribution < 1.29 is 18.7 Å². The number of aromatic amines is 2. The predicted octanol–water partition coefficient (Wildman–Crippen LogP) is 2.81. The van der Waals surface area contributed by atoms with Gasteiger partial charge in [-0.2, -0.15) is 9.61 Å². The van der Waals surface area contributed by atoms with Gasteiger partial charge in [-0.3, -0.25) is 9.78 Å². The molecule has 5 N–H and O–H groups in total. The third kappa shape index (κ3) is 5.66. The van der Waals surface area contributed by atoms with E-state index >= 15 is 0 Å². The number of nitrogens with zero attached hydrogens (tertiary/aromatic N) is 4. The number of nitrogens with one attached hydrogen (secondary N) is 4. The van der Waals surface area contributed by atoms with Crippen molar-refractivity contribution in [3.63, 3.8) is 0 Å². The van der Waals surface area contributed by atoms with E-state index in [9.17, 15) is 23.5 Å². The maximum Gasteiger partial charge on any atom is 0.325 e. The number of carbonyl (C=O) groups excluding carboxylic acids is 1. The van der Waals surface area contributed by atoms with Crippen LogP contribution in [0.4, 0.5) is 14.6 Å². The molecule has 0 unspecified atom stereocenters. The predicted molar refractivity (Wildman–Crippen MR) is 142 cm³/mol. The summed E-state index contributed by atoms with van der Waals surface area (Å²) < 4.78 is 28.4. The summed E-state index contributed by atoms with van der Waals surface area (Å²) in [6, 6.07) is 5.85. The maximum atomic E-state index is 13.4. The average molecular weight is 559 g/mol. The molecule has 0 spiro atoms. The Labute approximate surface area is 225 Å². The number of rotatable bonds is 9. The van der Waals surface area contributed by atoms with Gasteiger partial charge in [-0.25, -0.2) is 18.6 Å². The molecule has 206 valence electrons. The molecular weight excluding hydrogens is 530 g/mol. The maximum absolute atomic E-state index is 13.4. The highest BCUT2D eigenvalue weighted by Crippen LogP contribution is 2.33. The second-order valence-corrected chi connectivity index (χ2v) is 11.1. The Kier molecular flexibility index (Phi) is 6.59. The van der Waals surface area contributed by atoms with E-state index < -0.39 is 11.6 Å². The second-order valence-electron chi connectivity index (χ2n) is 10.1. The van der Waals surface area contributed by atoms with Gasteiger partial charge in [0.05, 0.1) is 27.3 Å². The van der Waals surface area contributed by atoms with Crippen LogP contribution < -0.4 is 16.3 Å². The van der Waals surface area contributed by atoms with E-state index in [0.29, 0.717) is 59.7 Å². The Balaban J connectivity index is 1.19. The molecule has 0 radical (unpaired) electrons. The van der Waals surface area contributed by atoms with Gasteiger partial charge < -0.3 is 25.6 Å². The van der Waals surface area contributed by atoms with E-state index in [1.54, 1.807) is 16.8 Å².